The van der Waals surface area contributed by atoms with Crippen LogP contribution in [0.1, 0.15) is 11.1 Å². The van der Waals surface area contributed by atoms with Crippen LogP contribution in [0.2, 0.25) is 15.1 Å². The summed E-state index contributed by atoms with van der Waals surface area (Å²) in [7, 11) is 0. The summed E-state index contributed by atoms with van der Waals surface area (Å²) in [5.74, 6) is 0. The van der Waals surface area contributed by atoms with Crippen LogP contribution >= 0.6 is 34.8 Å². The number of hydrogen-bond acceptors (Lipinski definition) is 1. The van der Waals surface area contributed by atoms with E-state index in [-0.39, 0.29) is 0 Å². The first-order valence-electron chi connectivity index (χ1n) is 5.51. The van der Waals surface area contributed by atoms with Gasteiger partial charge < -0.3 is 5.32 Å². The van der Waals surface area contributed by atoms with E-state index in [1.54, 1.807) is 12.1 Å². The van der Waals surface area contributed by atoms with E-state index in [9.17, 15) is 0 Å². The highest BCUT2D eigenvalue weighted by molar-refractivity contribution is 6.39. The topological polar surface area (TPSA) is 12.0 Å². The lowest BCUT2D eigenvalue weighted by molar-refractivity contribution is 1.14. The predicted molar refractivity (Wildman–Crippen MR) is 80.0 cm³/mol. The van der Waals surface area contributed by atoms with Gasteiger partial charge in [-0.3, -0.25) is 0 Å². The molecule has 94 valence electrons. The first kappa shape index (κ1) is 13.5. The van der Waals surface area contributed by atoms with Crippen LogP contribution < -0.4 is 5.32 Å². The number of hydrogen-bond donors (Lipinski definition) is 1. The van der Waals surface area contributed by atoms with Crippen LogP contribution in [0, 0.1) is 6.92 Å². The lowest BCUT2D eigenvalue weighted by Gasteiger charge is -2.11. The third kappa shape index (κ3) is 3.11. The van der Waals surface area contributed by atoms with Gasteiger partial charge in [-0.1, -0.05) is 53.0 Å². The van der Waals surface area contributed by atoms with E-state index in [1.165, 1.54) is 0 Å². The van der Waals surface area contributed by atoms with Gasteiger partial charge in [0, 0.05) is 11.6 Å². The minimum atomic E-state index is 0.586. The van der Waals surface area contributed by atoms with Gasteiger partial charge in [0.05, 0.1) is 15.7 Å². The SMILES string of the molecule is Cc1ccc(CNc2c(Cl)cccc2Cl)c(Cl)c1. The summed E-state index contributed by atoms with van der Waals surface area (Å²) in [6, 6.07) is 11.4. The lowest BCUT2D eigenvalue weighted by Crippen LogP contribution is -2.01. The molecule has 0 heterocycles. The zero-order chi connectivity index (χ0) is 13.1. The summed E-state index contributed by atoms with van der Waals surface area (Å²) < 4.78 is 0. The molecule has 0 unspecified atom stereocenters. The molecule has 2 aromatic carbocycles. The number of rotatable bonds is 3. The van der Waals surface area contributed by atoms with Crippen LogP contribution in [0.4, 0.5) is 5.69 Å². The highest BCUT2D eigenvalue weighted by Crippen LogP contribution is 2.30. The quantitative estimate of drug-likeness (QED) is 0.781. The fourth-order valence-corrected chi connectivity index (χ4v) is 2.48. The molecule has 0 spiro atoms. The average Bonchev–Trinajstić information content (AvgIpc) is 2.31. The van der Waals surface area contributed by atoms with Crippen LogP contribution in [0.25, 0.3) is 0 Å². The highest BCUT2D eigenvalue weighted by Gasteiger charge is 2.06. The van der Waals surface area contributed by atoms with Crippen LogP contribution in [0.3, 0.4) is 0 Å². The Bertz CT molecular complexity index is 547. The number of anilines is 1. The van der Waals surface area contributed by atoms with Gasteiger partial charge in [0.1, 0.15) is 0 Å². The Balaban J connectivity index is 2.16. The summed E-state index contributed by atoms with van der Waals surface area (Å²) >= 11 is 18.3. The number of aryl methyl sites for hydroxylation is 1. The molecule has 4 heteroatoms. The third-order valence-electron chi connectivity index (χ3n) is 2.63. The molecule has 2 aromatic rings. The van der Waals surface area contributed by atoms with Crippen molar-refractivity contribution in [2.45, 2.75) is 13.5 Å². The Hall–Kier alpha value is -0.890. The van der Waals surface area contributed by atoms with Crippen molar-refractivity contribution < 1.29 is 0 Å². The Kier molecular flexibility index (Phi) is 4.39. The molecule has 0 radical (unpaired) electrons. The summed E-state index contributed by atoms with van der Waals surface area (Å²) in [5, 5.41) is 5.16. The summed E-state index contributed by atoms with van der Waals surface area (Å²) in [5.41, 5.74) is 2.88. The lowest BCUT2D eigenvalue weighted by atomic mass is 10.1. The molecule has 0 atom stereocenters. The van der Waals surface area contributed by atoms with Crippen LogP contribution in [-0.2, 0) is 6.54 Å². The Morgan fingerprint density at radius 1 is 0.944 bits per heavy atom. The highest BCUT2D eigenvalue weighted by atomic mass is 35.5. The van der Waals surface area contributed by atoms with Crippen molar-refractivity contribution in [3.63, 3.8) is 0 Å². The second-order valence-corrected chi connectivity index (χ2v) is 5.27. The first-order chi connectivity index (χ1) is 8.58. The predicted octanol–water partition coefficient (Wildman–Crippen LogP) is 5.57. The molecule has 1 N–H and O–H groups in total. The van der Waals surface area contributed by atoms with Crippen LogP contribution in [0.15, 0.2) is 36.4 Å². The van der Waals surface area contributed by atoms with Gasteiger partial charge in [-0.2, -0.15) is 0 Å². The summed E-state index contributed by atoms with van der Waals surface area (Å²) in [6.07, 6.45) is 0. The fourth-order valence-electron chi connectivity index (χ4n) is 1.65. The zero-order valence-corrected chi connectivity index (χ0v) is 12.1. The summed E-state index contributed by atoms with van der Waals surface area (Å²) in [4.78, 5) is 0. The third-order valence-corrected chi connectivity index (χ3v) is 3.61. The molecule has 1 nitrogen and oxygen atoms in total. The van der Waals surface area contributed by atoms with E-state index in [0.717, 1.165) is 21.8 Å². The molecular weight excluding hydrogens is 289 g/mol. The van der Waals surface area contributed by atoms with Crippen molar-refractivity contribution in [3.8, 4) is 0 Å². The van der Waals surface area contributed by atoms with Gasteiger partial charge in [-0.15, -0.1) is 0 Å². The van der Waals surface area contributed by atoms with Gasteiger partial charge in [0.2, 0.25) is 0 Å². The molecule has 0 amide bonds. The maximum Gasteiger partial charge on any atom is 0.0721 e. The Labute approximate surface area is 122 Å². The molecule has 0 saturated carbocycles. The standard InChI is InChI=1S/C14H12Cl3N/c1-9-5-6-10(13(17)7-9)8-18-14-11(15)3-2-4-12(14)16/h2-7,18H,8H2,1H3. The maximum absolute atomic E-state index is 6.17. The molecule has 0 aromatic heterocycles. The molecule has 0 fully saturated rings. The molecule has 18 heavy (non-hydrogen) atoms. The van der Waals surface area contributed by atoms with Crippen molar-refractivity contribution in [3.05, 3.63) is 62.6 Å². The second kappa shape index (κ2) is 5.83. The van der Waals surface area contributed by atoms with Gasteiger partial charge >= 0.3 is 0 Å². The summed E-state index contributed by atoms with van der Waals surface area (Å²) in [6.45, 7) is 2.59. The number of halogens is 3. The largest absolute Gasteiger partial charge is 0.378 e. The van der Waals surface area contributed by atoms with Gasteiger partial charge in [-0.25, -0.2) is 0 Å². The van der Waals surface area contributed by atoms with E-state index in [1.807, 2.05) is 31.2 Å². The molecule has 0 bridgehead atoms. The van der Waals surface area contributed by atoms with E-state index in [4.69, 9.17) is 34.8 Å². The maximum atomic E-state index is 6.17. The van der Waals surface area contributed by atoms with E-state index in [2.05, 4.69) is 5.32 Å². The average molecular weight is 301 g/mol. The van der Waals surface area contributed by atoms with Gasteiger partial charge in [0.15, 0.2) is 0 Å². The number of para-hydroxylation sites is 1. The monoisotopic (exact) mass is 299 g/mol. The van der Waals surface area contributed by atoms with Crippen molar-refractivity contribution >= 4 is 40.5 Å². The molecule has 0 aliphatic carbocycles. The normalized spacial score (nSPS) is 10.4. The molecule has 0 aliphatic heterocycles. The van der Waals surface area contributed by atoms with E-state index < -0.39 is 0 Å². The minimum Gasteiger partial charge on any atom is -0.378 e. The Morgan fingerprint density at radius 2 is 1.61 bits per heavy atom. The molecule has 0 saturated heterocycles. The number of benzene rings is 2. The zero-order valence-electron chi connectivity index (χ0n) is 9.81. The van der Waals surface area contributed by atoms with Crippen molar-refractivity contribution in [2.75, 3.05) is 5.32 Å². The van der Waals surface area contributed by atoms with E-state index in [0.29, 0.717) is 16.6 Å². The van der Waals surface area contributed by atoms with Crippen LogP contribution in [-0.4, -0.2) is 0 Å². The second-order valence-electron chi connectivity index (χ2n) is 4.05. The smallest absolute Gasteiger partial charge is 0.0721 e. The van der Waals surface area contributed by atoms with Crippen molar-refractivity contribution in [2.24, 2.45) is 0 Å². The van der Waals surface area contributed by atoms with Gasteiger partial charge in [0.25, 0.3) is 0 Å². The molecule has 0 aliphatic rings. The molecular formula is C14H12Cl3N. The van der Waals surface area contributed by atoms with Crippen molar-refractivity contribution in [1.82, 2.24) is 0 Å². The van der Waals surface area contributed by atoms with Crippen molar-refractivity contribution in [1.29, 1.82) is 0 Å². The fraction of sp³-hybridized carbons (Fsp3) is 0.143. The number of nitrogens with one attached hydrogen (secondary N) is 1. The Morgan fingerprint density at radius 3 is 2.22 bits per heavy atom. The molecule has 2 rings (SSSR count). The first-order valence-corrected chi connectivity index (χ1v) is 6.64. The minimum absolute atomic E-state index is 0.586. The van der Waals surface area contributed by atoms with Gasteiger partial charge in [-0.05, 0) is 36.2 Å². The van der Waals surface area contributed by atoms with E-state index >= 15 is 0 Å². The van der Waals surface area contributed by atoms with Crippen LogP contribution in [0.5, 0.6) is 0 Å².